The first kappa shape index (κ1) is 12.6. The predicted octanol–water partition coefficient (Wildman–Crippen LogP) is 2.90. The number of rotatable bonds is 5. The van der Waals surface area contributed by atoms with Gasteiger partial charge in [-0.05, 0) is 25.1 Å². The molecule has 5 nitrogen and oxygen atoms in total. The number of aromatic nitrogens is 2. The third-order valence-corrected chi connectivity index (χ3v) is 2.27. The number of hydroxylamine groups is 1. The van der Waals surface area contributed by atoms with Gasteiger partial charge in [-0.15, -0.1) is 10.2 Å². The molecule has 0 unspecified atom stereocenters. The first-order valence-electron chi connectivity index (χ1n) is 5.43. The van der Waals surface area contributed by atoms with Crippen molar-refractivity contribution in [3.8, 4) is 11.5 Å². The van der Waals surface area contributed by atoms with Crippen LogP contribution in [0.25, 0.3) is 17.5 Å². The van der Waals surface area contributed by atoms with Crippen molar-refractivity contribution in [2.24, 2.45) is 0 Å². The van der Waals surface area contributed by atoms with Gasteiger partial charge >= 0.3 is 0 Å². The Morgan fingerprint density at radius 1 is 1.44 bits per heavy atom. The maximum Gasteiger partial charge on any atom is 0.248 e. The molecule has 0 bridgehead atoms. The van der Waals surface area contributed by atoms with Gasteiger partial charge in [0, 0.05) is 22.9 Å². The molecule has 0 atom stereocenters. The molecule has 0 spiro atoms. The molecule has 0 aliphatic heterocycles. The molecule has 0 fully saturated rings. The van der Waals surface area contributed by atoms with Crippen molar-refractivity contribution in [1.29, 1.82) is 0 Å². The lowest BCUT2D eigenvalue weighted by Gasteiger charge is -1.95. The van der Waals surface area contributed by atoms with Crippen LogP contribution in [0.1, 0.15) is 12.8 Å². The maximum absolute atomic E-state index is 5.89. The highest BCUT2D eigenvalue weighted by molar-refractivity contribution is 6.30. The van der Waals surface area contributed by atoms with E-state index in [9.17, 15) is 0 Å². The number of nitrogens with zero attached hydrogens (tertiary/aromatic N) is 2. The number of nitrogens with one attached hydrogen (secondary N) is 1. The molecule has 1 aromatic carbocycles. The molecule has 2 aromatic rings. The first-order chi connectivity index (χ1) is 8.79. The maximum atomic E-state index is 5.89. The second-order valence-corrected chi connectivity index (χ2v) is 3.78. The standard InChI is InChI=1S/C12H12ClN3O2/c1-2-17-14-7-6-11-15-16-12(18-11)9-4-3-5-10(13)8-9/h3-8,14H,2H2,1H3. The summed E-state index contributed by atoms with van der Waals surface area (Å²) in [6.45, 7) is 2.45. The average Bonchev–Trinajstić information content (AvgIpc) is 2.83. The fraction of sp³-hybridized carbons (Fsp3) is 0.167. The van der Waals surface area contributed by atoms with E-state index in [1.54, 1.807) is 24.4 Å². The molecular formula is C12H12ClN3O2. The molecule has 0 saturated heterocycles. The largest absolute Gasteiger partial charge is 0.417 e. The summed E-state index contributed by atoms with van der Waals surface area (Å²) in [5, 5.41) is 8.43. The van der Waals surface area contributed by atoms with Crippen LogP contribution in [0.15, 0.2) is 34.9 Å². The van der Waals surface area contributed by atoms with Gasteiger partial charge in [0.15, 0.2) is 0 Å². The van der Waals surface area contributed by atoms with E-state index < -0.39 is 0 Å². The molecule has 0 radical (unpaired) electrons. The summed E-state index contributed by atoms with van der Waals surface area (Å²) in [6.07, 6.45) is 3.20. The van der Waals surface area contributed by atoms with Crippen LogP contribution in [0.2, 0.25) is 5.02 Å². The lowest BCUT2D eigenvalue weighted by atomic mass is 10.2. The van der Waals surface area contributed by atoms with Crippen molar-refractivity contribution in [3.63, 3.8) is 0 Å². The van der Waals surface area contributed by atoms with Gasteiger partial charge in [-0.25, -0.2) is 0 Å². The monoisotopic (exact) mass is 265 g/mol. The van der Waals surface area contributed by atoms with E-state index in [-0.39, 0.29) is 0 Å². The van der Waals surface area contributed by atoms with Crippen LogP contribution in [0.4, 0.5) is 0 Å². The molecule has 2 rings (SSSR count). The van der Waals surface area contributed by atoms with Crippen LogP contribution in [-0.2, 0) is 4.84 Å². The van der Waals surface area contributed by atoms with Crippen LogP contribution in [0.3, 0.4) is 0 Å². The van der Waals surface area contributed by atoms with Crippen LogP contribution in [0, 0.1) is 0 Å². The Bertz CT molecular complexity index is 540. The summed E-state index contributed by atoms with van der Waals surface area (Å²) < 4.78 is 5.44. The quantitative estimate of drug-likeness (QED) is 0.665. The summed E-state index contributed by atoms with van der Waals surface area (Å²) >= 11 is 5.89. The topological polar surface area (TPSA) is 60.2 Å². The Balaban J connectivity index is 2.08. The van der Waals surface area contributed by atoms with E-state index >= 15 is 0 Å². The van der Waals surface area contributed by atoms with E-state index in [4.69, 9.17) is 20.9 Å². The zero-order chi connectivity index (χ0) is 12.8. The highest BCUT2D eigenvalue weighted by Crippen LogP contribution is 2.21. The Labute approximate surface area is 109 Å². The van der Waals surface area contributed by atoms with Gasteiger partial charge in [0.2, 0.25) is 11.8 Å². The minimum atomic E-state index is 0.386. The second-order valence-electron chi connectivity index (χ2n) is 3.34. The molecule has 0 saturated carbocycles. The van der Waals surface area contributed by atoms with E-state index in [2.05, 4.69) is 15.7 Å². The van der Waals surface area contributed by atoms with Crippen molar-refractivity contribution in [2.45, 2.75) is 6.92 Å². The summed E-state index contributed by atoms with van der Waals surface area (Å²) in [5.74, 6) is 0.811. The Morgan fingerprint density at radius 3 is 3.11 bits per heavy atom. The van der Waals surface area contributed by atoms with E-state index in [1.165, 1.54) is 0 Å². The van der Waals surface area contributed by atoms with Gasteiger partial charge in [0.1, 0.15) is 0 Å². The third kappa shape index (κ3) is 3.32. The molecule has 0 amide bonds. The van der Waals surface area contributed by atoms with Crippen molar-refractivity contribution in [1.82, 2.24) is 15.7 Å². The van der Waals surface area contributed by atoms with Crippen LogP contribution < -0.4 is 5.48 Å². The smallest absolute Gasteiger partial charge is 0.248 e. The lowest BCUT2D eigenvalue weighted by molar-refractivity contribution is 0.0831. The minimum absolute atomic E-state index is 0.386. The van der Waals surface area contributed by atoms with Crippen molar-refractivity contribution in [2.75, 3.05) is 6.61 Å². The molecule has 0 aliphatic carbocycles. The predicted molar refractivity (Wildman–Crippen MR) is 68.5 cm³/mol. The molecule has 0 aliphatic rings. The van der Waals surface area contributed by atoms with Gasteiger partial charge in [0.05, 0.1) is 6.61 Å². The molecular weight excluding hydrogens is 254 g/mol. The molecule has 94 valence electrons. The van der Waals surface area contributed by atoms with Gasteiger partial charge in [-0.2, -0.15) is 0 Å². The minimum Gasteiger partial charge on any atom is -0.417 e. The number of benzene rings is 1. The highest BCUT2D eigenvalue weighted by Gasteiger charge is 2.06. The fourth-order valence-electron chi connectivity index (χ4n) is 1.28. The molecule has 1 heterocycles. The number of halogens is 1. The van der Waals surface area contributed by atoms with Crippen LogP contribution >= 0.6 is 11.6 Å². The average molecular weight is 266 g/mol. The zero-order valence-corrected chi connectivity index (χ0v) is 10.5. The summed E-state index contributed by atoms with van der Waals surface area (Å²) in [6, 6.07) is 7.23. The molecule has 6 heteroatoms. The van der Waals surface area contributed by atoms with Crippen molar-refractivity contribution in [3.05, 3.63) is 41.4 Å². The van der Waals surface area contributed by atoms with Gasteiger partial charge in [-0.3, -0.25) is 10.3 Å². The van der Waals surface area contributed by atoms with Gasteiger partial charge in [-0.1, -0.05) is 17.7 Å². The highest BCUT2D eigenvalue weighted by atomic mass is 35.5. The van der Waals surface area contributed by atoms with E-state index in [0.29, 0.717) is 23.4 Å². The SMILES string of the molecule is CCONC=Cc1nnc(-c2cccc(Cl)c2)o1. The number of hydrogen-bond donors (Lipinski definition) is 1. The Morgan fingerprint density at radius 2 is 2.33 bits per heavy atom. The summed E-state index contributed by atoms with van der Waals surface area (Å²) in [5.41, 5.74) is 3.40. The fourth-order valence-corrected chi connectivity index (χ4v) is 1.47. The summed E-state index contributed by atoms with van der Waals surface area (Å²) in [4.78, 5) is 4.92. The van der Waals surface area contributed by atoms with Crippen LogP contribution in [0.5, 0.6) is 0 Å². The Hall–Kier alpha value is -1.85. The van der Waals surface area contributed by atoms with Gasteiger partial charge < -0.3 is 4.42 Å². The Kier molecular flexibility index (Phi) is 4.33. The van der Waals surface area contributed by atoms with Crippen molar-refractivity contribution < 1.29 is 9.25 Å². The normalized spacial score (nSPS) is 11.0. The van der Waals surface area contributed by atoms with E-state index in [0.717, 1.165) is 5.56 Å². The molecule has 1 aromatic heterocycles. The zero-order valence-electron chi connectivity index (χ0n) is 9.76. The van der Waals surface area contributed by atoms with Crippen LogP contribution in [-0.4, -0.2) is 16.8 Å². The molecule has 18 heavy (non-hydrogen) atoms. The van der Waals surface area contributed by atoms with Crippen molar-refractivity contribution >= 4 is 17.7 Å². The van der Waals surface area contributed by atoms with Gasteiger partial charge in [0.25, 0.3) is 0 Å². The lowest BCUT2D eigenvalue weighted by Crippen LogP contribution is -2.04. The summed E-state index contributed by atoms with van der Waals surface area (Å²) in [7, 11) is 0. The van der Waals surface area contributed by atoms with E-state index in [1.807, 2.05) is 19.1 Å². The second kappa shape index (κ2) is 6.18. The first-order valence-corrected chi connectivity index (χ1v) is 5.80. The number of hydrogen-bond acceptors (Lipinski definition) is 5. The molecule has 1 N–H and O–H groups in total. The third-order valence-electron chi connectivity index (χ3n) is 2.03.